The molecule has 1 rings (SSSR count). The summed E-state index contributed by atoms with van der Waals surface area (Å²) in [6, 6.07) is 7.17. The van der Waals surface area contributed by atoms with E-state index in [2.05, 4.69) is 16.0 Å². The Kier molecular flexibility index (Phi) is 8.34. The standard InChI is InChI=1S/C19H27N3O4/c1-5-6-10-16(23)22-15-9-7-8-14(11-15)12-20-17(24)13-21-18(25)26-19(2,3)4/h6-11H,5,12-13H2,1-4H3,(H,20,24)(H,21,25)(H,22,23)/b10-6+. The van der Waals surface area contributed by atoms with Crippen LogP contribution < -0.4 is 16.0 Å². The van der Waals surface area contributed by atoms with Gasteiger partial charge in [-0.3, -0.25) is 9.59 Å². The second-order valence-corrected chi connectivity index (χ2v) is 6.63. The third-order valence-electron chi connectivity index (χ3n) is 2.98. The number of carbonyl (C=O) groups is 3. The second-order valence-electron chi connectivity index (χ2n) is 6.63. The first-order valence-corrected chi connectivity index (χ1v) is 8.49. The van der Waals surface area contributed by atoms with Gasteiger partial charge in [0, 0.05) is 12.2 Å². The van der Waals surface area contributed by atoms with Gasteiger partial charge in [-0.25, -0.2) is 4.79 Å². The lowest BCUT2D eigenvalue weighted by molar-refractivity contribution is -0.120. The number of benzene rings is 1. The van der Waals surface area contributed by atoms with E-state index in [1.807, 2.05) is 13.0 Å². The number of rotatable bonds is 7. The van der Waals surface area contributed by atoms with Gasteiger partial charge in [0.25, 0.3) is 0 Å². The van der Waals surface area contributed by atoms with E-state index in [1.54, 1.807) is 45.0 Å². The molecule has 3 amide bonds. The normalized spacial score (nSPS) is 11.1. The number of alkyl carbamates (subject to hydrolysis) is 1. The zero-order chi connectivity index (χ0) is 19.6. The minimum absolute atomic E-state index is 0.173. The van der Waals surface area contributed by atoms with Crippen molar-refractivity contribution in [2.45, 2.75) is 46.3 Å². The summed E-state index contributed by atoms with van der Waals surface area (Å²) in [5, 5.41) is 7.85. The van der Waals surface area contributed by atoms with Gasteiger partial charge in [0.15, 0.2) is 0 Å². The lowest BCUT2D eigenvalue weighted by Gasteiger charge is -2.19. The number of amides is 3. The number of hydrogen-bond donors (Lipinski definition) is 3. The van der Waals surface area contributed by atoms with Crippen molar-refractivity contribution in [3.05, 3.63) is 42.0 Å². The highest BCUT2D eigenvalue weighted by Gasteiger charge is 2.16. The predicted octanol–water partition coefficient (Wildman–Crippen LogP) is 2.73. The molecule has 7 heteroatoms. The number of hydrogen-bond acceptors (Lipinski definition) is 4. The first kappa shape index (κ1) is 21.2. The van der Waals surface area contributed by atoms with E-state index < -0.39 is 11.7 Å². The molecule has 0 aliphatic carbocycles. The van der Waals surface area contributed by atoms with Crippen molar-refractivity contribution < 1.29 is 19.1 Å². The van der Waals surface area contributed by atoms with Gasteiger partial charge in [0.1, 0.15) is 12.1 Å². The van der Waals surface area contributed by atoms with Crippen LogP contribution in [0, 0.1) is 0 Å². The molecule has 0 heterocycles. The molecule has 7 nitrogen and oxygen atoms in total. The Labute approximate surface area is 154 Å². The molecule has 0 atom stereocenters. The summed E-state index contributed by atoms with van der Waals surface area (Å²) in [7, 11) is 0. The fourth-order valence-electron chi connectivity index (χ4n) is 1.90. The van der Waals surface area contributed by atoms with Crippen LogP contribution in [0.5, 0.6) is 0 Å². The smallest absolute Gasteiger partial charge is 0.408 e. The third kappa shape index (κ3) is 9.46. The molecule has 0 fully saturated rings. The van der Waals surface area contributed by atoms with Gasteiger partial charge in [-0.15, -0.1) is 0 Å². The first-order valence-electron chi connectivity index (χ1n) is 8.49. The van der Waals surface area contributed by atoms with Crippen molar-refractivity contribution in [3.8, 4) is 0 Å². The van der Waals surface area contributed by atoms with Crippen molar-refractivity contribution in [2.24, 2.45) is 0 Å². The summed E-state index contributed by atoms with van der Waals surface area (Å²) in [6.45, 7) is 7.30. The number of carbonyl (C=O) groups excluding carboxylic acids is 3. The quantitative estimate of drug-likeness (QED) is 0.651. The molecule has 0 radical (unpaired) electrons. The predicted molar refractivity (Wildman–Crippen MR) is 101 cm³/mol. The number of ether oxygens (including phenoxy) is 1. The lowest BCUT2D eigenvalue weighted by Crippen LogP contribution is -2.39. The number of allylic oxidation sites excluding steroid dienone is 1. The average Bonchev–Trinajstić information content (AvgIpc) is 2.55. The Morgan fingerprint density at radius 3 is 2.54 bits per heavy atom. The summed E-state index contributed by atoms with van der Waals surface area (Å²) >= 11 is 0. The Balaban J connectivity index is 2.43. The van der Waals surface area contributed by atoms with Gasteiger partial charge >= 0.3 is 6.09 Å². The van der Waals surface area contributed by atoms with E-state index in [-0.39, 0.29) is 24.9 Å². The molecule has 0 aliphatic heterocycles. The molecule has 3 N–H and O–H groups in total. The van der Waals surface area contributed by atoms with Crippen molar-refractivity contribution >= 4 is 23.6 Å². The van der Waals surface area contributed by atoms with Gasteiger partial charge in [-0.1, -0.05) is 25.1 Å². The van der Waals surface area contributed by atoms with E-state index in [0.29, 0.717) is 5.69 Å². The second kappa shape index (κ2) is 10.2. The van der Waals surface area contributed by atoms with E-state index in [1.165, 1.54) is 6.08 Å². The molecule has 0 aromatic heterocycles. The molecule has 1 aromatic rings. The Morgan fingerprint density at radius 2 is 1.88 bits per heavy atom. The molecule has 1 aromatic carbocycles. The van der Waals surface area contributed by atoms with E-state index in [9.17, 15) is 14.4 Å². The molecule has 0 bridgehead atoms. The molecular weight excluding hydrogens is 334 g/mol. The molecule has 0 saturated heterocycles. The van der Waals surface area contributed by atoms with Crippen LogP contribution in [-0.2, 0) is 20.9 Å². The maximum absolute atomic E-state index is 11.8. The summed E-state index contributed by atoms with van der Waals surface area (Å²) in [5.74, 6) is -0.536. The van der Waals surface area contributed by atoms with Crippen molar-refractivity contribution in [2.75, 3.05) is 11.9 Å². The Bertz CT molecular complexity index is 663. The summed E-state index contributed by atoms with van der Waals surface area (Å²) in [6.07, 6.45) is 3.41. The molecule has 0 unspecified atom stereocenters. The van der Waals surface area contributed by atoms with E-state index >= 15 is 0 Å². The van der Waals surface area contributed by atoms with Crippen molar-refractivity contribution in [1.29, 1.82) is 0 Å². The summed E-state index contributed by atoms with van der Waals surface area (Å²) < 4.78 is 5.06. The van der Waals surface area contributed by atoms with Crippen LogP contribution in [-0.4, -0.2) is 30.1 Å². The van der Waals surface area contributed by atoms with Crippen molar-refractivity contribution in [3.63, 3.8) is 0 Å². The summed E-state index contributed by atoms with van der Waals surface area (Å²) in [4.78, 5) is 35.0. The maximum Gasteiger partial charge on any atom is 0.408 e. The van der Waals surface area contributed by atoms with Gasteiger partial charge in [-0.05, 0) is 51.0 Å². The van der Waals surface area contributed by atoms with Crippen LogP contribution in [0.15, 0.2) is 36.4 Å². The Hall–Kier alpha value is -2.83. The van der Waals surface area contributed by atoms with Crippen LogP contribution in [0.3, 0.4) is 0 Å². The van der Waals surface area contributed by atoms with Gasteiger partial charge in [0.05, 0.1) is 0 Å². The molecule has 142 valence electrons. The largest absolute Gasteiger partial charge is 0.444 e. The fourth-order valence-corrected chi connectivity index (χ4v) is 1.90. The average molecular weight is 361 g/mol. The van der Waals surface area contributed by atoms with Crippen molar-refractivity contribution in [1.82, 2.24) is 10.6 Å². The Morgan fingerprint density at radius 1 is 1.15 bits per heavy atom. The zero-order valence-electron chi connectivity index (χ0n) is 15.7. The zero-order valence-corrected chi connectivity index (χ0v) is 15.7. The number of anilines is 1. The first-order chi connectivity index (χ1) is 12.2. The molecule has 0 spiro atoms. The highest BCUT2D eigenvalue weighted by Crippen LogP contribution is 2.10. The molecule has 0 aliphatic rings. The molecule has 26 heavy (non-hydrogen) atoms. The highest BCUT2D eigenvalue weighted by atomic mass is 16.6. The fraction of sp³-hybridized carbons (Fsp3) is 0.421. The monoisotopic (exact) mass is 361 g/mol. The minimum Gasteiger partial charge on any atom is -0.444 e. The van der Waals surface area contributed by atoms with Crippen LogP contribution in [0.1, 0.15) is 39.7 Å². The van der Waals surface area contributed by atoms with Gasteiger partial charge < -0.3 is 20.7 Å². The van der Waals surface area contributed by atoms with Crippen LogP contribution in [0.2, 0.25) is 0 Å². The van der Waals surface area contributed by atoms with Crippen LogP contribution >= 0.6 is 0 Å². The topological polar surface area (TPSA) is 96.5 Å². The van der Waals surface area contributed by atoms with Gasteiger partial charge in [0.2, 0.25) is 11.8 Å². The minimum atomic E-state index is -0.641. The lowest BCUT2D eigenvalue weighted by atomic mass is 10.2. The van der Waals surface area contributed by atoms with Crippen LogP contribution in [0.25, 0.3) is 0 Å². The van der Waals surface area contributed by atoms with Gasteiger partial charge in [-0.2, -0.15) is 0 Å². The summed E-state index contributed by atoms with van der Waals surface area (Å²) in [5.41, 5.74) is 0.861. The SMILES string of the molecule is CC/C=C/C(=O)Nc1cccc(CNC(=O)CNC(=O)OC(C)(C)C)c1. The van der Waals surface area contributed by atoms with Crippen LogP contribution in [0.4, 0.5) is 10.5 Å². The third-order valence-corrected chi connectivity index (χ3v) is 2.98. The maximum atomic E-state index is 11.8. The number of nitrogens with one attached hydrogen (secondary N) is 3. The van der Waals surface area contributed by atoms with E-state index in [0.717, 1.165) is 12.0 Å². The van der Waals surface area contributed by atoms with E-state index in [4.69, 9.17) is 4.74 Å². The molecular formula is C19H27N3O4. The highest BCUT2D eigenvalue weighted by molar-refractivity contribution is 5.99. The molecule has 0 saturated carbocycles.